The minimum Gasteiger partial charge on any atom is -0.465 e. The van der Waals surface area contributed by atoms with E-state index in [4.69, 9.17) is 5.26 Å². The molecule has 114 valence electrons. The summed E-state index contributed by atoms with van der Waals surface area (Å²) in [5.74, 6) is -0.770. The molecule has 1 saturated heterocycles. The summed E-state index contributed by atoms with van der Waals surface area (Å²) in [7, 11) is 1.17. The molecule has 0 N–H and O–H groups in total. The number of benzene rings is 1. The molecule has 0 aliphatic carbocycles. The van der Waals surface area contributed by atoms with E-state index in [0.29, 0.717) is 11.3 Å². The second-order valence-electron chi connectivity index (χ2n) is 4.86. The molecule has 1 aliphatic rings. The molecule has 0 atom stereocenters. The fourth-order valence-corrected chi connectivity index (χ4v) is 2.42. The molecular formula is C15H15N3O4. The zero-order valence-electron chi connectivity index (χ0n) is 12.1. The molecular weight excluding hydrogens is 286 g/mol. The molecule has 7 heteroatoms. The Labute approximate surface area is 127 Å². The molecule has 1 fully saturated rings. The average molecular weight is 301 g/mol. The van der Waals surface area contributed by atoms with Crippen LogP contribution in [0.4, 0.5) is 11.4 Å². The predicted octanol–water partition coefficient (Wildman–Crippen LogP) is 2.27. The van der Waals surface area contributed by atoms with Crippen molar-refractivity contribution in [3.63, 3.8) is 0 Å². The maximum atomic E-state index is 11.4. The van der Waals surface area contributed by atoms with E-state index in [1.807, 2.05) is 4.90 Å². The van der Waals surface area contributed by atoms with Crippen LogP contribution in [0.3, 0.4) is 0 Å². The zero-order valence-corrected chi connectivity index (χ0v) is 12.1. The summed E-state index contributed by atoms with van der Waals surface area (Å²) in [6.45, 7) is 1.59. The summed E-state index contributed by atoms with van der Waals surface area (Å²) < 4.78 is 4.49. The quantitative estimate of drug-likeness (QED) is 0.278. The lowest BCUT2D eigenvalue weighted by molar-refractivity contribution is -0.384. The Morgan fingerprint density at radius 2 is 2.14 bits per heavy atom. The van der Waals surface area contributed by atoms with E-state index in [9.17, 15) is 14.9 Å². The number of ether oxygens (including phenoxy) is 1. The third-order valence-corrected chi connectivity index (χ3v) is 3.48. The van der Waals surface area contributed by atoms with Gasteiger partial charge in [-0.25, -0.2) is 4.79 Å². The van der Waals surface area contributed by atoms with Gasteiger partial charge < -0.3 is 9.64 Å². The van der Waals surface area contributed by atoms with Crippen molar-refractivity contribution in [3.05, 3.63) is 39.4 Å². The molecule has 0 unspecified atom stereocenters. The smallest absolute Gasteiger partial charge is 0.348 e. The fraction of sp³-hybridized carbons (Fsp3) is 0.333. The molecule has 22 heavy (non-hydrogen) atoms. The molecule has 2 rings (SSSR count). The van der Waals surface area contributed by atoms with Crippen molar-refractivity contribution in [3.8, 4) is 6.07 Å². The van der Waals surface area contributed by atoms with Crippen LogP contribution in [-0.4, -0.2) is 31.1 Å². The van der Waals surface area contributed by atoms with Gasteiger partial charge in [-0.1, -0.05) is 6.07 Å². The van der Waals surface area contributed by atoms with Crippen molar-refractivity contribution >= 4 is 23.4 Å². The number of hydrogen-bond acceptors (Lipinski definition) is 6. The van der Waals surface area contributed by atoms with Gasteiger partial charge in [0.15, 0.2) is 0 Å². The maximum absolute atomic E-state index is 11.4. The van der Waals surface area contributed by atoms with Crippen LogP contribution in [0.1, 0.15) is 18.4 Å². The van der Waals surface area contributed by atoms with Crippen LogP contribution in [0.15, 0.2) is 23.8 Å². The first-order chi connectivity index (χ1) is 10.6. The van der Waals surface area contributed by atoms with Gasteiger partial charge in [0.05, 0.1) is 12.0 Å². The van der Waals surface area contributed by atoms with Gasteiger partial charge in [-0.05, 0) is 30.5 Å². The van der Waals surface area contributed by atoms with E-state index in [1.54, 1.807) is 18.2 Å². The molecule has 0 saturated carbocycles. The molecule has 1 aromatic carbocycles. The highest BCUT2D eigenvalue weighted by atomic mass is 16.6. The van der Waals surface area contributed by atoms with Crippen molar-refractivity contribution in [1.29, 1.82) is 5.26 Å². The highest BCUT2D eigenvalue weighted by molar-refractivity contribution is 5.98. The van der Waals surface area contributed by atoms with Crippen molar-refractivity contribution < 1.29 is 14.5 Å². The first-order valence-corrected chi connectivity index (χ1v) is 6.80. The second-order valence-corrected chi connectivity index (χ2v) is 4.86. The van der Waals surface area contributed by atoms with Gasteiger partial charge in [-0.3, -0.25) is 10.1 Å². The standard InChI is InChI=1S/C15H15N3O4/c1-22-15(19)12(10-16)8-11-4-5-13(14(9-11)18(20)21)17-6-2-3-7-17/h4-5,8-9H,2-3,6-7H2,1H3/b12-8+. The number of carbonyl (C=O) groups excluding carboxylic acids is 1. The molecule has 0 radical (unpaired) electrons. The van der Waals surface area contributed by atoms with Crippen molar-refractivity contribution in [2.24, 2.45) is 0 Å². The normalized spacial score (nSPS) is 14.5. The summed E-state index contributed by atoms with van der Waals surface area (Å²) >= 11 is 0. The number of nitro benzene ring substituents is 1. The average Bonchev–Trinajstić information content (AvgIpc) is 3.05. The van der Waals surface area contributed by atoms with Crippen LogP contribution >= 0.6 is 0 Å². The van der Waals surface area contributed by atoms with Gasteiger partial charge in [-0.2, -0.15) is 5.26 Å². The van der Waals surface area contributed by atoms with Gasteiger partial charge >= 0.3 is 5.97 Å². The molecule has 7 nitrogen and oxygen atoms in total. The number of carbonyl (C=O) groups is 1. The molecule has 1 aliphatic heterocycles. The monoisotopic (exact) mass is 301 g/mol. The lowest BCUT2D eigenvalue weighted by Crippen LogP contribution is -2.18. The van der Waals surface area contributed by atoms with E-state index in [-0.39, 0.29) is 11.3 Å². The number of hydrogen-bond donors (Lipinski definition) is 0. The minimum absolute atomic E-state index is 0.0298. The Morgan fingerprint density at radius 3 is 2.68 bits per heavy atom. The summed E-state index contributed by atoms with van der Waals surface area (Å²) in [6.07, 6.45) is 3.31. The number of anilines is 1. The molecule has 0 aromatic heterocycles. The number of nitrogens with zero attached hydrogens (tertiary/aromatic N) is 3. The van der Waals surface area contributed by atoms with E-state index < -0.39 is 10.9 Å². The Bertz CT molecular complexity index is 670. The number of nitriles is 1. The summed E-state index contributed by atoms with van der Waals surface area (Å²) in [5, 5.41) is 20.2. The Kier molecular flexibility index (Phi) is 4.73. The largest absolute Gasteiger partial charge is 0.465 e. The SMILES string of the molecule is COC(=O)/C(C#N)=C/c1ccc(N2CCCC2)c([N+](=O)[O-])c1. The van der Waals surface area contributed by atoms with Crippen LogP contribution < -0.4 is 4.90 Å². The molecule has 1 heterocycles. The van der Waals surface area contributed by atoms with Crippen molar-refractivity contribution in [2.75, 3.05) is 25.1 Å². The molecule has 1 aromatic rings. The van der Waals surface area contributed by atoms with Crippen LogP contribution in [0.25, 0.3) is 6.08 Å². The maximum Gasteiger partial charge on any atom is 0.348 e. The lowest BCUT2D eigenvalue weighted by atomic mass is 10.1. The first kappa shape index (κ1) is 15.5. The van der Waals surface area contributed by atoms with E-state index in [2.05, 4.69) is 4.74 Å². The van der Waals surface area contributed by atoms with Gasteiger partial charge in [-0.15, -0.1) is 0 Å². The molecule has 0 spiro atoms. The van der Waals surface area contributed by atoms with E-state index in [1.165, 1.54) is 19.3 Å². The van der Waals surface area contributed by atoms with Crippen LogP contribution in [0.2, 0.25) is 0 Å². The van der Waals surface area contributed by atoms with Crippen LogP contribution in [0, 0.1) is 21.4 Å². The van der Waals surface area contributed by atoms with Crippen molar-refractivity contribution in [1.82, 2.24) is 0 Å². The first-order valence-electron chi connectivity index (χ1n) is 6.80. The summed E-state index contributed by atoms with van der Waals surface area (Å²) in [4.78, 5) is 24.2. The number of nitro groups is 1. The topological polar surface area (TPSA) is 96.5 Å². The van der Waals surface area contributed by atoms with Crippen LogP contribution in [0.5, 0.6) is 0 Å². The van der Waals surface area contributed by atoms with E-state index in [0.717, 1.165) is 25.9 Å². The van der Waals surface area contributed by atoms with Crippen LogP contribution in [-0.2, 0) is 9.53 Å². The van der Waals surface area contributed by atoms with Crippen molar-refractivity contribution in [2.45, 2.75) is 12.8 Å². The minimum atomic E-state index is -0.770. The number of rotatable bonds is 4. The Morgan fingerprint density at radius 1 is 1.45 bits per heavy atom. The fourth-order valence-electron chi connectivity index (χ4n) is 2.42. The third-order valence-electron chi connectivity index (χ3n) is 3.48. The highest BCUT2D eigenvalue weighted by Gasteiger charge is 2.22. The summed E-state index contributed by atoms with van der Waals surface area (Å²) in [5.41, 5.74) is 0.747. The van der Waals surface area contributed by atoms with Gasteiger partial charge in [0, 0.05) is 19.2 Å². The van der Waals surface area contributed by atoms with Gasteiger partial charge in [0.2, 0.25) is 0 Å². The molecule has 0 bridgehead atoms. The molecule has 0 amide bonds. The lowest BCUT2D eigenvalue weighted by Gasteiger charge is -2.17. The van der Waals surface area contributed by atoms with Gasteiger partial charge in [0.25, 0.3) is 5.69 Å². The Hall–Kier alpha value is -2.88. The van der Waals surface area contributed by atoms with Gasteiger partial charge in [0.1, 0.15) is 17.3 Å². The summed E-state index contributed by atoms with van der Waals surface area (Å²) in [6, 6.07) is 6.40. The number of esters is 1. The van der Waals surface area contributed by atoms with E-state index >= 15 is 0 Å². The number of methoxy groups -OCH3 is 1. The predicted molar refractivity (Wildman–Crippen MR) is 80.1 cm³/mol. The third kappa shape index (κ3) is 3.23. The second kappa shape index (κ2) is 6.72. The highest BCUT2D eigenvalue weighted by Crippen LogP contribution is 2.32. The zero-order chi connectivity index (χ0) is 16.1. The Balaban J connectivity index is 2.41.